The number of piperidine rings is 1. The summed E-state index contributed by atoms with van der Waals surface area (Å²) in [5.74, 6) is -0.388. The number of halogens is 2. The van der Waals surface area contributed by atoms with E-state index in [-0.39, 0.29) is 5.75 Å². The topological polar surface area (TPSA) is 41.5 Å². The Labute approximate surface area is 184 Å². The van der Waals surface area contributed by atoms with E-state index in [0.717, 1.165) is 62.8 Å². The Hall–Kier alpha value is -2.58. The van der Waals surface area contributed by atoms with Crippen LogP contribution in [0.2, 0.25) is 0 Å². The van der Waals surface area contributed by atoms with Crippen molar-refractivity contribution < 1.29 is 13.5 Å². The molecule has 2 aliphatic rings. The summed E-state index contributed by atoms with van der Waals surface area (Å²) in [5.41, 5.74) is 1.84. The van der Waals surface area contributed by atoms with E-state index in [1.807, 2.05) is 0 Å². The average molecular weight is 443 g/mol. The SMILES string of the molecule is Fc1ccc(Oc2nc(N3CCCCC3)nc3c2CN(Cc2cccs2)CC3)c(F)c1. The molecule has 5 rings (SSSR count). The van der Waals surface area contributed by atoms with Gasteiger partial charge in [-0.05, 0) is 42.8 Å². The van der Waals surface area contributed by atoms with Crippen molar-refractivity contribution >= 4 is 17.3 Å². The molecule has 31 heavy (non-hydrogen) atoms. The zero-order chi connectivity index (χ0) is 21.2. The Morgan fingerprint density at radius 2 is 1.90 bits per heavy atom. The van der Waals surface area contributed by atoms with E-state index in [2.05, 4.69) is 27.3 Å². The van der Waals surface area contributed by atoms with Crippen LogP contribution in [0, 0.1) is 11.6 Å². The van der Waals surface area contributed by atoms with E-state index < -0.39 is 11.6 Å². The van der Waals surface area contributed by atoms with Crippen LogP contribution in [0.25, 0.3) is 0 Å². The van der Waals surface area contributed by atoms with E-state index in [9.17, 15) is 8.78 Å². The lowest BCUT2D eigenvalue weighted by Crippen LogP contribution is -2.34. The molecule has 3 aromatic rings. The number of aromatic nitrogens is 2. The number of ether oxygens (including phenoxy) is 1. The van der Waals surface area contributed by atoms with Crippen LogP contribution in [0.3, 0.4) is 0 Å². The molecule has 0 radical (unpaired) electrons. The van der Waals surface area contributed by atoms with Crippen LogP contribution in [-0.4, -0.2) is 34.5 Å². The predicted octanol–water partition coefficient (Wildman–Crippen LogP) is 5.16. The van der Waals surface area contributed by atoms with Crippen LogP contribution in [0.5, 0.6) is 11.6 Å². The first-order valence-electron chi connectivity index (χ1n) is 10.7. The zero-order valence-electron chi connectivity index (χ0n) is 17.2. The van der Waals surface area contributed by atoms with Gasteiger partial charge in [-0.25, -0.2) is 13.8 Å². The summed E-state index contributed by atoms with van der Waals surface area (Å²) < 4.78 is 33.6. The molecule has 1 aromatic carbocycles. The summed E-state index contributed by atoms with van der Waals surface area (Å²) in [6, 6.07) is 7.52. The number of nitrogens with zero attached hydrogens (tertiary/aromatic N) is 4. The molecule has 0 bridgehead atoms. The van der Waals surface area contributed by atoms with Gasteiger partial charge in [-0.2, -0.15) is 4.98 Å². The molecule has 1 saturated heterocycles. The Morgan fingerprint density at radius 1 is 1.03 bits per heavy atom. The highest BCUT2D eigenvalue weighted by Crippen LogP contribution is 2.33. The third-order valence-corrected chi connectivity index (χ3v) is 6.65. The fourth-order valence-electron chi connectivity index (χ4n) is 4.17. The van der Waals surface area contributed by atoms with Gasteiger partial charge in [0.25, 0.3) is 0 Å². The highest BCUT2D eigenvalue weighted by atomic mass is 32.1. The fourth-order valence-corrected chi connectivity index (χ4v) is 4.91. The Morgan fingerprint density at radius 3 is 2.68 bits per heavy atom. The van der Waals surface area contributed by atoms with Gasteiger partial charge in [-0.3, -0.25) is 4.90 Å². The second-order valence-electron chi connectivity index (χ2n) is 8.02. The first kappa shape index (κ1) is 20.3. The predicted molar refractivity (Wildman–Crippen MR) is 117 cm³/mol. The van der Waals surface area contributed by atoms with E-state index in [4.69, 9.17) is 14.7 Å². The van der Waals surface area contributed by atoms with Crippen LogP contribution >= 0.6 is 11.3 Å². The Balaban J connectivity index is 1.48. The molecule has 0 unspecified atom stereocenters. The van der Waals surface area contributed by atoms with Gasteiger partial charge < -0.3 is 9.64 Å². The molecule has 0 spiro atoms. The third-order valence-electron chi connectivity index (χ3n) is 5.79. The third kappa shape index (κ3) is 4.55. The summed E-state index contributed by atoms with van der Waals surface area (Å²) in [5, 5.41) is 2.08. The average Bonchev–Trinajstić information content (AvgIpc) is 3.29. The zero-order valence-corrected chi connectivity index (χ0v) is 18.0. The largest absolute Gasteiger partial charge is 0.435 e. The second kappa shape index (κ2) is 8.88. The van der Waals surface area contributed by atoms with Crippen molar-refractivity contribution in [2.45, 2.75) is 38.8 Å². The van der Waals surface area contributed by atoms with Gasteiger partial charge >= 0.3 is 0 Å². The fraction of sp³-hybridized carbons (Fsp3) is 0.391. The van der Waals surface area contributed by atoms with Crippen molar-refractivity contribution in [2.24, 2.45) is 0 Å². The monoisotopic (exact) mass is 442 g/mol. The van der Waals surface area contributed by atoms with Crippen LogP contribution < -0.4 is 9.64 Å². The van der Waals surface area contributed by atoms with Crippen LogP contribution in [0.15, 0.2) is 35.7 Å². The quantitative estimate of drug-likeness (QED) is 0.546. The summed E-state index contributed by atoms with van der Waals surface area (Å²) in [6.45, 7) is 4.19. The van der Waals surface area contributed by atoms with Crippen LogP contribution in [0.4, 0.5) is 14.7 Å². The minimum absolute atomic E-state index is 0.0257. The van der Waals surface area contributed by atoms with Gasteiger partial charge in [-0.1, -0.05) is 6.07 Å². The van der Waals surface area contributed by atoms with Gasteiger partial charge in [0.1, 0.15) is 5.82 Å². The summed E-state index contributed by atoms with van der Waals surface area (Å²) in [4.78, 5) is 15.4. The number of benzene rings is 1. The van der Waals surface area contributed by atoms with Gasteiger partial charge in [-0.15, -0.1) is 11.3 Å². The van der Waals surface area contributed by atoms with Gasteiger partial charge in [0.15, 0.2) is 11.6 Å². The molecular weight excluding hydrogens is 418 g/mol. The highest BCUT2D eigenvalue weighted by Gasteiger charge is 2.26. The normalized spacial score (nSPS) is 16.9. The van der Waals surface area contributed by atoms with Crippen molar-refractivity contribution in [2.75, 3.05) is 24.5 Å². The Kier molecular flexibility index (Phi) is 5.82. The van der Waals surface area contributed by atoms with Crippen molar-refractivity contribution in [3.63, 3.8) is 0 Å². The maximum Gasteiger partial charge on any atom is 0.229 e. The molecule has 1 fully saturated rings. The van der Waals surface area contributed by atoms with Gasteiger partial charge in [0.05, 0.1) is 11.3 Å². The van der Waals surface area contributed by atoms with Crippen LogP contribution in [0.1, 0.15) is 35.4 Å². The lowest BCUT2D eigenvalue weighted by molar-refractivity contribution is 0.239. The maximum atomic E-state index is 14.3. The van der Waals surface area contributed by atoms with Crippen molar-refractivity contribution in [3.05, 3.63) is 63.5 Å². The number of fused-ring (bicyclic) bond motifs is 1. The number of hydrogen-bond acceptors (Lipinski definition) is 6. The van der Waals surface area contributed by atoms with Crippen LogP contribution in [-0.2, 0) is 19.5 Å². The first-order valence-corrected chi connectivity index (χ1v) is 11.6. The highest BCUT2D eigenvalue weighted by molar-refractivity contribution is 7.09. The van der Waals surface area contributed by atoms with Crippen molar-refractivity contribution in [1.82, 2.24) is 14.9 Å². The molecule has 8 heteroatoms. The lowest BCUT2D eigenvalue weighted by Gasteiger charge is -2.31. The lowest BCUT2D eigenvalue weighted by atomic mass is 10.1. The van der Waals surface area contributed by atoms with E-state index in [1.165, 1.54) is 23.4 Å². The Bertz CT molecular complexity index is 1050. The number of anilines is 1. The molecule has 0 amide bonds. The molecule has 162 valence electrons. The number of thiophene rings is 1. The van der Waals surface area contributed by atoms with E-state index in [1.54, 1.807) is 11.3 Å². The molecule has 0 saturated carbocycles. The summed E-state index contributed by atoms with van der Waals surface area (Å²) in [6.07, 6.45) is 4.21. The molecule has 0 atom stereocenters. The summed E-state index contributed by atoms with van der Waals surface area (Å²) in [7, 11) is 0. The molecule has 0 aliphatic carbocycles. The smallest absolute Gasteiger partial charge is 0.229 e. The van der Waals surface area contributed by atoms with Crippen molar-refractivity contribution in [3.8, 4) is 11.6 Å². The standard InChI is InChI=1S/C23H24F2N4OS/c24-16-6-7-21(19(25)13-16)30-22-18-15-28(14-17-5-4-12-31-17)11-8-20(18)26-23(27-22)29-9-2-1-3-10-29/h4-7,12-13H,1-3,8-11,14-15H2. The van der Waals surface area contributed by atoms with Gasteiger partial charge in [0.2, 0.25) is 11.8 Å². The number of hydrogen-bond donors (Lipinski definition) is 0. The molecular formula is C23H24F2N4OS. The molecule has 0 N–H and O–H groups in total. The first-order chi connectivity index (χ1) is 15.2. The molecule has 2 aliphatic heterocycles. The van der Waals surface area contributed by atoms with Gasteiger partial charge in [0, 0.05) is 50.1 Å². The molecule has 5 nitrogen and oxygen atoms in total. The van der Waals surface area contributed by atoms with E-state index >= 15 is 0 Å². The maximum absolute atomic E-state index is 14.3. The van der Waals surface area contributed by atoms with Crippen molar-refractivity contribution in [1.29, 1.82) is 0 Å². The van der Waals surface area contributed by atoms with E-state index in [0.29, 0.717) is 18.4 Å². The molecule has 4 heterocycles. The minimum Gasteiger partial charge on any atom is -0.435 e. The number of rotatable bonds is 5. The summed E-state index contributed by atoms with van der Waals surface area (Å²) >= 11 is 1.73. The second-order valence-corrected chi connectivity index (χ2v) is 9.05. The minimum atomic E-state index is -0.738. The molecule has 2 aromatic heterocycles.